The van der Waals surface area contributed by atoms with Gasteiger partial charge in [0, 0.05) is 12.6 Å². The lowest BCUT2D eigenvalue weighted by Crippen LogP contribution is -2.31. The Kier molecular flexibility index (Phi) is 3.17. The van der Waals surface area contributed by atoms with Gasteiger partial charge in [-0.2, -0.15) is 0 Å². The Morgan fingerprint density at radius 1 is 1.35 bits per heavy atom. The summed E-state index contributed by atoms with van der Waals surface area (Å²) in [6, 6.07) is 6.33. The zero-order chi connectivity index (χ0) is 12.6. The van der Waals surface area contributed by atoms with Crippen LogP contribution in [0.3, 0.4) is 0 Å². The summed E-state index contributed by atoms with van der Waals surface area (Å²) in [5, 5.41) is 9.49. The highest BCUT2D eigenvalue weighted by Crippen LogP contribution is 2.37. The summed E-state index contributed by atoms with van der Waals surface area (Å²) in [7, 11) is 2.21. The van der Waals surface area contributed by atoms with Crippen molar-refractivity contribution in [2.24, 2.45) is 5.41 Å². The van der Waals surface area contributed by atoms with Gasteiger partial charge in [0.1, 0.15) is 5.75 Å². The van der Waals surface area contributed by atoms with Crippen LogP contribution in [-0.4, -0.2) is 23.6 Å². The van der Waals surface area contributed by atoms with Crippen LogP contribution in [0.5, 0.6) is 5.75 Å². The predicted molar refractivity (Wildman–Crippen MR) is 71.3 cm³/mol. The van der Waals surface area contributed by atoms with E-state index in [2.05, 4.69) is 38.8 Å². The van der Waals surface area contributed by atoms with Crippen molar-refractivity contribution >= 4 is 0 Å². The van der Waals surface area contributed by atoms with Crippen molar-refractivity contribution in [1.82, 2.24) is 4.90 Å². The molecule has 17 heavy (non-hydrogen) atoms. The number of hydrogen-bond donors (Lipinski definition) is 1. The third-order valence-electron chi connectivity index (χ3n) is 3.43. The van der Waals surface area contributed by atoms with Crippen molar-refractivity contribution in [3.05, 3.63) is 29.3 Å². The van der Waals surface area contributed by atoms with E-state index in [9.17, 15) is 5.11 Å². The van der Waals surface area contributed by atoms with E-state index in [0.29, 0.717) is 17.2 Å². The number of hydrogen-bond acceptors (Lipinski definition) is 2. The quantitative estimate of drug-likeness (QED) is 0.846. The maximum atomic E-state index is 9.49. The highest BCUT2D eigenvalue weighted by molar-refractivity contribution is 5.40. The van der Waals surface area contributed by atoms with Gasteiger partial charge in [0.2, 0.25) is 0 Å². The summed E-state index contributed by atoms with van der Waals surface area (Å²) in [4.78, 5) is 2.45. The van der Waals surface area contributed by atoms with E-state index in [0.717, 1.165) is 13.0 Å². The van der Waals surface area contributed by atoms with Crippen LogP contribution in [0.15, 0.2) is 18.2 Å². The normalized spacial score (nSPS) is 19.7. The fraction of sp³-hybridized carbons (Fsp3) is 0.600. The first kappa shape index (κ1) is 12.4. The summed E-state index contributed by atoms with van der Waals surface area (Å²) in [5.41, 5.74) is 3.04. The van der Waals surface area contributed by atoms with E-state index >= 15 is 0 Å². The molecule has 1 aliphatic carbocycles. The first-order valence-corrected chi connectivity index (χ1v) is 6.39. The zero-order valence-corrected chi connectivity index (χ0v) is 11.3. The van der Waals surface area contributed by atoms with E-state index in [1.807, 2.05) is 12.1 Å². The monoisotopic (exact) mass is 233 g/mol. The first-order chi connectivity index (χ1) is 7.87. The van der Waals surface area contributed by atoms with Crippen molar-refractivity contribution in [2.75, 3.05) is 13.6 Å². The second-order valence-corrected chi connectivity index (χ2v) is 6.41. The van der Waals surface area contributed by atoms with E-state index in [1.54, 1.807) is 0 Å². The Balaban J connectivity index is 2.16. The number of phenolic OH excluding ortho intramolecular Hbond substituents is 1. The number of phenols is 1. The smallest absolute Gasteiger partial charge is 0.115 e. The lowest BCUT2D eigenvalue weighted by Gasteiger charge is -2.31. The second kappa shape index (κ2) is 4.34. The van der Waals surface area contributed by atoms with Gasteiger partial charge in [-0.25, -0.2) is 0 Å². The zero-order valence-electron chi connectivity index (χ0n) is 11.3. The van der Waals surface area contributed by atoms with Gasteiger partial charge in [0.05, 0.1) is 0 Å². The maximum absolute atomic E-state index is 9.49. The van der Waals surface area contributed by atoms with E-state index in [4.69, 9.17) is 0 Å². The number of aromatic hydroxyl groups is 1. The predicted octanol–water partition coefficient (Wildman–Crippen LogP) is 3.36. The van der Waals surface area contributed by atoms with Crippen molar-refractivity contribution in [1.29, 1.82) is 0 Å². The van der Waals surface area contributed by atoms with Crippen molar-refractivity contribution in [3.8, 4) is 5.75 Å². The SMILES string of the molecule is CN(CC(C)(C)C)C1CCc2cc(O)ccc21. The van der Waals surface area contributed by atoms with Crippen LogP contribution in [0.1, 0.15) is 44.4 Å². The van der Waals surface area contributed by atoms with Gasteiger partial charge >= 0.3 is 0 Å². The molecule has 0 aliphatic heterocycles. The van der Waals surface area contributed by atoms with Crippen molar-refractivity contribution in [2.45, 2.75) is 39.7 Å². The standard InChI is InChI=1S/C15H23NO/c1-15(2,3)10-16(4)14-8-5-11-9-12(17)6-7-13(11)14/h6-7,9,14,17H,5,8,10H2,1-4H3. The highest BCUT2D eigenvalue weighted by atomic mass is 16.3. The topological polar surface area (TPSA) is 23.5 Å². The lowest BCUT2D eigenvalue weighted by atomic mass is 9.95. The molecule has 0 fully saturated rings. The molecule has 2 rings (SSSR count). The third kappa shape index (κ3) is 2.81. The molecule has 0 radical (unpaired) electrons. The molecular weight excluding hydrogens is 210 g/mol. The Hall–Kier alpha value is -1.02. The van der Waals surface area contributed by atoms with Crippen LogP contribution < -0.4 is 0 Å². The number of fused-ring (bicyclic) bond motifs is 1. The van der Waals surface area contributed by atoms with Gasteiger partial charge in [0.25, 0.3) is 0 Å². The third-order valence-corrected chi connectivity index (χ3v) is 3.43. The Labute approximate surface area is 104 Å². The van der Waals surface area contributed by atoms with Crippen LogP contribution >= 0.6 is 0 Å². The Morgan fingerprint density at radius 2 is 2.06 bits per heavy atom. The lowest BCUT2D eigenvalue weighted by molar-refractivity contribution is 0.172. The molecule has 2 nitrogen and oxygen atoms in total. The molecule has 0 bridgehead atoms. The molecule has 1 aromatic rings. The molecule has 2 heteroatoms. The fourth-order valence-electron chi connectivity index (χ4n) is 2.90. The van der Waals surface area contributed by atoms with Crippen LogP contribution in [0.4, 0.5) is 0 Å². The molecule has 0 spiro atoms. The molecule has 0 heterocycles. The van der Waals surface area contributed by atoms with Crippen LogP contribution in [0, 0.1) is 5.41 Å². The molecule has 1 unspecified atom stereocenters. The summed E-state index contributed by atoms with van der Waals surface area (Å²) in [5.74, 6) is 0.392. The summed E-state index contributed by atoms with van der Waals surface area (Å²) in [6.45, 7) is 7.92. The van der Waals surface area contributed by atoms with Gasteiger partial charge in [0.15, 0.2) is 0 Å². The molecule has 1 N–H and O–H groups in total. The van der Waals surface area contributed by atoms with Gasteiger partial charge in [-0.3, -0.25) is 4.90 Å². The van der Waals surface area contributed by atoms with Gasteiger partial charge in [-0.15, -0.1) is 0 Å². The summed E-state index contributed by atoms with van der Waals surface area (Å²) >= 11 is 0. The Bertz CT molecular complexity index is 406. The maximum Gasteiger partial charge on any atom is 0.115 e. The molecule has 0 saturated heterocycles. The fourth-order valence-corrected chi connectivity index (χ4v) is 2.90. The second-order valence-electron chi connectivity index (χ2n) is 6.41. The molecule has 0 amide bonds. The summed E-state index contributed by atoms with van der Waals surface area (Å²) in [6.07, 6.45) is 2.26. The number of nitrogens with zero attached hydrogens (tertiary/aromatic N) is 1. The molecule has 1 aliphatic rings. The largest absolute Gasteiger partial charge is 0.508 e. The number of benzene rings is 1. The molecule has 0 aromatic heterocycles. The minimum atomic E-state index is 0.328. The average Bonchev–Trinajstić information content (AvgIpc) is 2.57. The Morgan fingerprint density at radius 3 is 2.71 bits per heavy atom. The minimum Gasteiger partial charge on any atom is -0.508 e. The molecule has 0 saturated carbocycles. The average molecular weight is 233 g/mol. The van der Waals surface area contributed by atoms with Crippen molar-refractivity contribution in [3.63, 3.8) is 0 Å². The van der Waals surface area contributed by atoms with Gasteiger partial charge in [-0.05, 0) is 48.6 Å². The van der Waals surface area contributed by atoms with Crippen LogP contribution in [-0.2, 0) is 6.42 Å². The molecule has 1 atom stereocenters. The van der Waals surface area contributed by atoms with E-state index in [-0.39, 0.29) is 0 Å². The molecule has 1 aromatic carbocycles. The van der Waals surface area contributed by atoms with Crippen molar-refractivity contribution < 1.29 is 5.11 Å². The van der Waals surface area contributed by atoms with E-state index in [1.165, 1.54) is 17.5 Å². The minimum absolute atomic E-state index is 0.328. The van der Waals surface area contributed by atoms with Crippen LogP contribution in [0.2, 0.25) is 0 Å². The molecular formula is C15H23NO. The number of rotatable bonds is 2. The van der Waals surface area contributed by atoms with Gasteiger partial charge < -0.3 is 5.11 Å². The van der Waals surface area contributed by atoms with Gasteiger partial charge in [-0.1, -0.05) is 26.8 Å². The summed E-state index contributed by atoms with van der Waals surface area (Å²) < 4.78 is 0. The van der Waals surface area contributed by atoms with E-state index < -0.39 is 0 Å². The first-order valence-electron chi connectivity index (χ1n) is 6.39. The highest BCUT2D eigenvalue weighted by Gasteiger charge is 2.28. The van der Waals surface area contributed by atoms with Crippen LogP contribution in [0.25, 0.3) is 0 Å². The number of aryl methyl sites for hydroxylation is 1. The molecule has 94 valence electrons.